The number of fused-ring (bicyclic) bond motifs is 3. The van der Waals surface area contributed by atoms with Crippen LogP contribution < -0.4 is 10.1 Å². The normalized spacial score (nSPS) is 15.8. The average molecular weight is 361 g/mol. The van der Waals surface area contributed by atoms with Crippen molar-refractivity contribution in [1.82, 2.24) is 15.3 Å². The molecule has 27 heavy (non-hydrogen) atoms. The Morgan fingerprint density at radius 1 is 1.11 bits per heavy atom. The van der Waals surface area contributed by atoms with Crippen molar-refractivity contribution in [3.8, 4) is 5.88 Å². The smallest absolute Gasteiger partial charge is 0.215 e. The predicted octanol–water partition coefficient (Wildman–Crippen LogP) is 5.02. The minimum Gasteiger partial charge on any atom is -0.473 e. The molecule has 0 saturated heterocycles. The van der Waals surface area contributed by atoms with Crippen molar-refractivity contribution >= 4 is 16.6 Å². The third kappa shape index (κ3) is 3.32. The Kier molecular flexibility index (Phi) is 4.42. The molecule has 140 valence electrons. The van der Waals surface area contributed by atoms with E-state index in [-0.39, 0.29) is 5.41 Å². The zero-order chi connectivity index (χ0) is 19.0. The van der Waals surface area contributed by atoms with Crippen LogP contribution in [0.5, 0.6) is 5.88 Å². The number of ether oxygens (including phenoxy) is 1. The summed E-state index contributed by atoms with van der Waals surface area (Å²) in [6.07, 6.45) is 2.15. The van der Waals surface area contributed by atoms with Crippen LogP contribution in [0.1, 0.15) is 44.5 Å². The zero-order valence-electron chi connectivity index (χ0n) is 16.5. The lowest BCUT2D eigenvalue weighted by molar-refractivity contribution is 0.295. The van der Waals surface area contributed by atoms with Gasteiger partial charge >= 0.3 is 0 Å². The molecule has 4 rings (SSSR count). The van der Waals surface area contributed by atoms with E-state index in [1.807, 2.05) is 24.3 Å². The van der Waals surface area contributed by atoms with E-state index < -0.39 is 0 Å². The highest BCUT2D eigenvalue weighted by Crippen LogP contribution is 2.40. The van der Waals surface area contributed by atoms with Gasteiger partial charge in [0.15, 0.2) is 0 Å². The Morgan fingerprint density at radius 3 is 2.63 bits per heavy atom. The van der Waals surface area contributed by atoms with Crippen molar-refractivity contribution in [2.24, 2.45) is 5.92 Å². The quantitative estimate of drug-likeness (QED) is 0.686. The zero-order valence-corrected chi connectivity index (χ0v) is 16.5. The van der Waals surface area contributed by atoms with E-state index >= 15 is 0 Å². The number of aromatic nitrogens is 2. The van der Waals surface area contributed by atoms with E-state index in [0.29, 0.717) is 18.4 Å². The fourth-order valence-corrected chi connectivity index (χ4v) is 3.82. The van der Waals surface area contributed by atoms with E-state index in [9.17, 15) is 0 Å². The highest BCUT2D eigenvalue weighted by Gasteiger charge is 2.32. The number of hydrogen-bond acceptors (Lipinski definition) is 3. The van der Waals surface area contributed by atoms with Crippen LogP contribution in [0.3, 0.4) is 0 Å². The first-order valence-electron chi connectivity index (χ1n) is 9.59. The summed E-state index contributed by atoms with van der Waals surface area (Å²) in [4.78, 5) is 8.34. The Morgan fingerprint density at radius 2 is 1.89 bits per heavy atom. The first-order chi connectivity index (χ1) is 13.0. The number of aromatic amines is 1. The van der Waals surface area contributed by atoms with Crippen LogP contribution in [-0.4, -0.2) is 16.5 Å². The van der Waals surface area contributed by atoms with Crippen LogP contribution in [0.2, 0.25) is 0 Å². The van der Waals surface area contributed by atoms with Crippen molar-refractivity contribution in [1.29, 1.82) is 0 Å². The highest BCUT2D eigenvalue weighted by molar-refractivity contribution is 5.89. The molecule has 1 aliphatic rings. The highest BCUT2D eigenvalue weighted by atomic mass is 16.5. The third-order valence-corrected chi connectivity index (χ3v) is 5.25. The van der Waals surface area contributed by atoms with Gasteiger partial charge in [0.1, 0.15) is 12.3 Å². The molecule has 0 fully saturated rings. The van der Waals surface area contributed by atoms with E-state index in [4.69, 9.17) is 9.72 Å². The van der Waals surface area contributed by atoms with Gasteiger partial charge in [-0.15, -0.1) is 0 Å². The number of H-pyrrole nitrogens is 1. The van der Waals surface area contributed by atoms with Crippen molar-refractivity contribution < 1.29 is 4.74 Å². The standard InChI is InChI=1S/C23H27N3O/c1-15(2)18-12-24-14-23(3,4)20-17-10-11-19(25-22(17)26-21(18)20)27-13-16-8-6-5-7-9-16/h5-12,15,24H,13-14H2,1-4H3,(H,25,26). The lowest BCUT2D eigenvalue weighted by atomic mass is 9.81. The fourth-order valence-electron chi connectivity index (χ4n) is 3.82. The van der Waals surface area contributed by atoms with Gasteiger partial charge in [-0.25, -0.2) is 0 Å². The topological polar surface area (TPSA) is 49.9 Å². The number of hydrogen-bond donors (Lipinski definition) is 2. The summed E-state index contributed by atoms with van der Waals surface area (Å²) in [7, 11) is 0. The number of nitrogens with zero attached hydrogens (tertiary/aromatic N) is 1. The Labute approximate surface area is 160 Å². The summed E-state index contributed by atoms with van der Waals surface area (Å²) < 4.78 is 5.93. The number of pyridine rings is 1. The van der Waals surface area contributed by atoms with Gasteiger partial charge in [-0.2, -0.15) is 4.98 Å². The summed E-state index contributed by atoms with van der Waals surface area (Å²) in [5.74, 6) is 1.07. The SMILES string of the molecule is CC(C)C1=CNCC(C)(C)c2c1[nH]c1nc(OCc3ccccc3)ccc21. The van der Waals surface area contributed by atoms with Gasteiger partial charge in [0.2, 0.25) is 5.88 Å². The molecule has 0 unspecified atom stereocenters. The Hall–Kier alpha value is -2.75. The number of rotatable bonds is 4. The van der Waals surface area contributed by atoms with E-state index in [2.05, 4.69) is 62.4 Å². The second-order valence-electron chi connectivity index (χ2n) is 8.21. The largest absolute Gasteiger partial charge is 0.473 e. The molecule has 0 amide bonds. The molecule has 0 bridgehead atoms. The first kappa shape index (κ1) is 17.7. The van der Waals surface area contributed by atoms with E-state index in [1.54, 1.807) is 0 Å². The van der Waals surface area contributed by atoms with Gasteiger partial charge in [-0.05, 0) is 28.7 Å². The summed E-state index contributed by atoms with van der Waals surface area (Å²) in [6.45, 7) is 10.4. The van der Waals surface area contributed by atoms with Gasteiger partial charge in [0.25, 0.3) is 0 Å². The predicted molar refractivity (Wildman–Crippen MR) is 111 cm³/mol. The second-order valence-corrected chi connectivity index (χ2v) is 8.21. The Balaban J connectivity index is 1.73. The summed E-state index contributed by atoms with van der Waals surface area (Å²) in [5.41, 5.74) is 5.87. The molecule has 0 saturated carbocycles. The van der Waals surface area contributed by atoms with Gasteiger partial charge in [0.05, 0.1) is 0 Å². The minimum absolute atomic E-state index is 0.00875. The molecule has 0 spiro atoms. The van der Waals surface area contributed by atoms with E-state index in [0.717, 1.165) is 17.8 Å². The van der Waals surface area contributed by atoms with Crippen molar-refractivity contribution in [3.05, 3.63) is 65.5 Å². The van der Waals surface area contributed by atoms with Gasteiger partial charge in [-0.1, -0.05) is 58.0 Å². The molecule has 0 atom stereocenters. The lowest BCUT2D eigenvalue weighted by Gasteiger charge is -2.24. The average Bonchev–Trinajstić information content (AvgIpc) is 2.97. The molecule has 1 aliphatic heterocycles. The van der Waals surface area contributed by atoms with Crippen LogP contribution in [0.25, 0.3) is 16.6 Å². The molecule has 4 heteroatoms. The van der Waals surface area contributed by atoms with Crippen LogP contribution in [0.15, 0.2) is 48.7 Å². The maximum atomic E-state index is 5.93. The molecular weight excluding hydrogens is 334 g/mol. The van der Waals surface area contributed by atoms with E-state index in [1.165, 1.54) is 22.2 Å². The van der Waals surface area contributed by atoms with Gasteiger partial charge < -0.3 is 15.0 Å². The molecule has 2 N–H and O–H groups in total. The van der Waals surface area contributed by atoms with Crippen LogP contribution in [-0.2, 0) is 12.0 Å². The van der Waals surface area contributed by atoms with Crippen molar-refractivity contribution in [2.75, 3.05) is 6.54 Å². The summed E-state index contributed by atoms with van der Waals surface area (Å²) in [5, 5.41) is 4.67. The summed E-state index contributed by atoms with van der Waals surface area (Å²) >= 11 is 0. The minimum atomic E-state index is 0.00875. The molecule has 0 radical (unpaired) electrons. The second kappa shape index (κ2) is 6.76. The fraction of sp³-hybridized carbons (Fsp3) is 0.348. The maximum Gasteiger partial charge on any atom is 0.215 e. The van der Waals surface area contributed by atoms with Crippen LogP contribution >= 0.6 is 0 Å². The molecule has 2 aromatic heterocycles. The molecule has 1 aromatic carbocycles. The molecule has 3 heterocycles. The van der Waals surface area contributed by atoms with Crippen LogP contribution in [0, 0.1) is 5.92 Å². The summed E-state index contributed by atoms with van der Waals surface area (Å²) in [6, 6.07) is 14.3. The van der Waals surface area contributed by atoms with Crippen molar-refractivity contribution in [2.45, 2.75) is 39.7 Å². The molecule has 0 aliphatic carbocycles. The van der Waals surface area contributed by atoms with Gasteiger partial charge in [0, 0.05) is 35.3 Å². The molecule has 3 aromatic rings. The van der Waals surface area contributed by atoms with Crippen molar-refractivity contribution in [3.63, 3.8) is 0 Å². The third-order valence-electron chi connectivity index (χ3n) is 5.25. The molecular formula is C23H27N3O. The maximum absolute atomic E-state index is 5.93. The monoisotopic (exact) mass is 361 g/mol. The molecule has 4 nitrogen and oxygen atoms in total. The Bertz CT molecular complexity index is 984. The number of allylic oxidation sites excluding steroid dienone is 1. The first-order valence-corrected chi connectivity index (χ1v) is 9.59. The number of benzene rings is 1. The van der Waals surface area contributed by atoms with Gasteiger partial charge in [-0.3, -0.25) is 0 Å². The van der Waals surface area contributed by atoms with Crippen LogP contribution in [0.4, 0.5) is 0 Å². The lowest BCUT2D eigenvalue weighted by Crippen LogP contribution is -2.29. The number of nitrogens with one attached hydrogen (secondary N) is 2.